The molecular weight excluding hydrogens is 256 g/mol. The van der Waals surface area contributed by atoms with Crippen molar-refractivity contribution in [3.63, 3.8) is 0 Å². The zero-order chi connectivity index (χ0) is 14.4. The van der Waals surface area contributed by atoms with Crippen LogP contribution in [-0.2, 0) is 11.3 Å². The molecule has 2 N–H and O–H groups in total. The van der Waals surface area contributed by atoms with E-state index in [9.17, 15) is 5.11 Å². The maximum atomic E-state index is 9.54. The number of aliphatic hydroxyl groups is 1. The van der Waals surface area contributed by atoms with Crippen LogP contribution in [0.2, 0.25) is 0 Å². The maximum Gasteiger partial charge on any atom is 0.158 e. The molecule has 0 amide bonds. The predicted molar refractivity (Wildman–Crippen MR) is 79.0 cm³/mol. The fourth-order valence-electron chi connectivity index (χ4n) is 2.59. The van der Waals surface area contributed by atoms with Crippen LogP contribution in [0.25, 0.3) is 0 Å². The van der Waals surface area contributed by atoms with E-state index in [2.05, 4.69) is 20.2 Å². The highest BCUT2D eigenvalue weighted by Gasteiger charge is 2.23. The lowest BCUT2D eigenvalue weighted by molar-refractivity contribution is 0.177. The molecule has 1 atom stereocenters. The lowest BCUT2D eigenvalue weighted by Gasteiger charge is -2.35. The van der Waals surface area contributed by atoms with Crippen molar-refractivity contribution in [2.24, 2.45) is 0 Å². The van der Waals surface area contributed by atoms with Crippen molar-refractivity contribution in [1.29, 1.82) is 0 Å². The van der Waals surface area contributed by atoms with Crippen LogP contribution in [0.4, 0.5) is 11.6 Å². The molecule has 0 aromatic carbocycles. The Morgan fingerprint density at radius 3 is 3.00 bits per heavy atom. The van der Waals surface area contributed by atoms with Gasteiger partial charge in [-0.05, 0) is 26.2 Å². The number of anilines is 2. The van der Waals surface area contributed by atoms with Gasteiger partial charge < -0.3 is 20.1 Å². The van der Waals surface area contributed by atoms with Crippen molar-refractivity contribution >= 4 is 11.6 Å². The molecule has 112 valence electrons. The van der Waals surface area contributed by atoms with E-state index in [0.29, 0.717) is 12.4 Å². The molecule has 1 aromatic heterocycles. The van der Waals surface area contributed by atoms with Crippen LogP contribution < -0.4 is 10.2 Å². The van der Waals surface area contributed by atoms with E-state index in [4.69, 9.17) is 4.74 Å². The predicted octanol–water partition coefficient (Wildman–Crippen LogP) is 1.41. The van der Waals surface area contributed by atoms with Crippen molar-refractivity contribution in [2.45, 2.75) is 38.8 Å². The molecule has 0 spiro atoms. The van der Waals surface area contributed by atoms with Crippen LogP contribution in [0.1, 0.15) is 32.0 Å². The standard InChI is InChI=1S/C14H24N4O2/c1-3-15-12-8-14(17-13(16-12)10-20-2)18-7-5-4-6-11(18)9-19/h8,11,19H,3-7,9-10H2,1-2H3,(H,15,16,17). The molecule has 1 unspecified atom stereocenters. The van der Waals surface area contributed by atoms with Gasteiger partial charge in [-0.2, -0.15) is 0 Å². The molecule has 1 aliphatic rings. The summed E-state index contributed by atoms with van der Waals surface area (Å²) < 4.78 is 5.14. The number of hydrogen-bond acceptors (Lipinski definition) is 6. The molecule has 20 heavy (non-hydrogen) atoms. The molecule has 6 nitrogen and oxygen atoms in total. The Kier molecular flexibility index (Phi) is 5.55. The van der Waals surface area contributed by atoms with Crippen LogP contribution in [0, 0.1) is 0 Å². The van der Waals surface area contributed by atoms with Gasteiger partial charge in [-0.25, -0.2) is 9.97 Å². The Morgan fingerprint density at radius 1 is 1.45 bits per heavy atom. The number of rotatable bonds is 6. The third-order valence-corrected chi connectivity index (χ3v) is 3.52. The van der Waals surface area contributed by atoms with Gasteiger partial charge in [-0.15, -0.1) is 0 Å². The molecule has 6 heteroatoms. The number of nitrogens with one attached hydrogen (secondary N) is 1. The van der Waals surface area contributed by atoms with Gasteiger partial charge >= 0.3 is 0 Å². The summed E-state index contributed by atoms with van der Waals surface area (Å²) in [6.45, 7) is 4.34. The normalized spacial score (nSPS) is 19.1. The van der Waals surface area contributed by atoms with Crippen molar-refractivity contribution < 1.29 is 9.84 Å². The van der Waals surface area contributed by atoms with E-state index in [1.165, 1.54) is 0 Å². The van der Waals surface area contributed by atoms with Gasteiger partial charge in [0, 0.05) is 26.3 Å². The second-order valence-electron chi connectivity index (χ2n) is 5.02. The van der Waals surface area contributed by atoms with E-state index in [-0.39, 0.29) is 12.6 Å². The number of hydrogen-bond donors (Lipinski definition) is 2. The molecule has 0 aliphatic carbocycles. The Bertz CT molecular complexity index is 403. The first kappa shape index (κ1) is 15.0. The number of methoxy groups -OCH3 is 1. The van der Waals surface area contributed by atoms with Gasteiger partial charge in [0.1, 0.15) is 18.2 Å². The molecule has 0 bridgehead atoms. The van der Waals surface area contributed by atoms with Gasteiger partial charge in [0.25, 0.3) is 0 Å². The zero-order valence-electron chi connectivity index (χ0n) is 12.3. The lowest BCUT2D eigenvalue weighted by Crippen LogP contribution is -2.42. The third kappa shape index (κ3) is 3.58. The quantitative estimate of drug-likeness (QED) is 0.821. The Morgan fingerprint density at radius 2 is 2.30 bits per heavy atom. The molecule has 2 rings (SSSR count). The number of aromatic nitrogens is 2. The number of ether oxygens (including phenoxy) is 1. The molecule has 1 fully saturated rings. The van der Waals surface area contributed by atoms with Crippen LogP contribution in [0.5, 0.6) is 0 Å². The maximum absolute atomic E-state index is 9.54. The van der Waals surface area contributed by atoms with Crippen LogP contribution in [-0.4, -0.2) is 47.9 Å². The molecule has 1 aromatic rings. The van der Waals surface area contributed by atoms with Crippen LogP contribution >= 0.6 is 0 Å². The summed E-state index contributed by atoms with van der Waals surface area (Å²) >= 11 is 0. The van der Waals surface area contributed by atoms with Crippen molar-refractivity contribution in [3.05, 3.63) is 11.9 Å². The Balaban J connectivity index is 2.27. The SMILES string of the molecule is CCNc1cc(N2CCCCC2CO)nc(COC)n1. The highest BCUT2D eigenvalue weighted by Crippen LogP contribution is 2.25. The van der Waals surface area contributed by atoms with E-state index in [1.54, 1.807) is 7.11 Å². The van der Waals surface area contributed by atoms with Crippen molar-refractivity contribution in [2.75, 3.05) is 37.0 Å². The number of piperidine rings is 1. The molecular formula is C14H24N4O2. The molecule has 1 saturated heterocycles. The Labute approximate surface area is 120 Å². The summed E-state index contributed by atoms with van der Waals surface area (Å²) in [5.74, 6) is 2.36. The van der Waals surface area contributed by atoms with Gasteiger partial charge in [-0.1, -0.05) is 0 Å². The zero-order valence-corrected chi connectivity index (χ0v) is 12.3. The lowest BCUT2D eigenvalue weighted by atomic mass is 10.0. The summed E-state index contributed by atoms with van der Waals surface area (Å²) in [6, 6.07) is 2.11. The van der Waals surface area contributed by atoms with Crippen molar-refractivity contribution in [1.82, 2.24) is 9.97 Å². The summed E-state index contributed by atoms with van der Waals surface area (Å²) in [6.07, 6.45) is 3.31. The third-order valence-electron chi connectivity index (χ3n) is 3.52. The average Bonchev–Trinajstić information content (AvgIpc) is 2.47. The van der Waals surface area contributed by atoms with Gasteiger partial charge in [0.15, 0.2) is 5.82 Å². The molecule has 0 radical (unpaired) electrons. The largest absolute Gasteiger partial charge is 0.394 e. The summed E-state index contributed by atoms with van der Waals surface area (Å²) in [5.41, 5.74) is 0. The summed E-state index contributed by atoms with van der Waals surface area (Å²) in [4.78, 5) is 11.2. The van der Waals surface area contributed by atoms with Crippen LogP contribution in [0.3, 0.4) is 0 Å². The van der Waals surface area contributed by atoms with E-state index in [0.717, 1.165) is 44.0 Å². The van der Waals surface area contributed by atoms with Gasteiger partial charge in [-0.3, -0.25) is 0 Å². The molecule has 1 aliphatic heterocycles. The summed E-state index contributed by atoms with van der Waals surface area (Å²) in [5, 5.41) is 12.8. The van der Waals surface area contributed by atoms with Gasteiger partial charge in [0.05, 0.1) is 12.6 Å². The topological polar surface area (TPSA) is 70.5 Å². The fourth-order valence-corrected chi connectivity index (χ4v) is 2.59. The highest BCUT2D eigenvalue weighted by atomic mass is 16.5. The Hall–Kier alpha value is -1.40. The first-order chi connectivity index (χ1) is 9.78. The second-order valence-corrected chi connectivity index (χ2v) is 5.02. The highest BCUT2D eigenvalue weighted by molar-refractivity contribution is 5.50. The minimum atomic E-state index is 0.156. The number of nitrogens with zero attached hydrogens (tertiary/aromatic N) is 3. The van der Waals surface area contributed by atoms with E-state index < -0.39 is 0 Å². The number of aliphatic hydroxyl groups excluding tert-OH is 1. The van der Waals surface area contributed by atoms with Gasteiger partial charge in [0.2, 0.25) is 0 Å². The monoisotopic (exact) mass is 280 g/mol. The molecule has 0 saturated carbocycles. The minimum Gasteiger partial charge on any atom is -0.394 e. The fraction of sp³-hybridized carbons (Fsp3) is 0.714. The average molecular weight is 280 g/mol. The summed E-state index contributed by atoms with van der Waals surface area (Å²) in [7, 11) is 1.64. The van der Waals surface area contributed by atoms with Crippen molar-refractivity contribution in [3.8, 4) is 0 Å². The smallest absolute Gasteiger partial charge is 0.158 e. The van der Waals surface area contributed by atoms with E-state index >= 15 is 0 Å². The van der Waals surface area contributed by atoms with Crippen LogP contribution in [0.15, 0.2) is 6.07 Å². The van der Waals surface area contributed by atoms with E-state index in [1.807, 2.05) is 13.0 Å². The first-order valence-corrected chi connectivity index (χ1v) is 7.26. The second kappa shape index (κ2) is 7.40. The molecule has 2 heterocycles. The minimum absolute atomic E-state index is 0.156. The first-order valence-electron chi connectivity index (χ1n) is 7.26.